The number of aromatic nitrogens is 4. The second-order valence-corrected chi connectivity index (χ2v) is 20.6. The number of hydrogen-bond acceptors (Lipinski definition) is 16. The van der Waals surface area contributed by atoms with Gasteiger partial charge >= 0.3 is 0 Å². The molecule has 2 fully saturated rings. The second-order valence-electron chi connectivity index (χ2n) is 17.2. The topological polar surface area (TPSA) is 262 Å². The predicted octanol–water partition coefficient (Wildman–Crippen LogP) is 4.99. The molecule has 6 aromatic rings. The fraction of sp³-hybridized carbons (Fsp3) is 0.306. The molecule has 2 aliphatic heterocycles. The van der Waals surface area contributed by atoms with Crippen LogP contribution in [0.2, 0.25) is 0 Å². The second kappa shape index (κ2) is 23.7. The minimum Gasteiger partial charge on any atom is -0.497 e. The van der Waals surface area contributed by atoms with E-state index in [0.717, 1.165) is 42.5 Å². The van der Waals surface area contributed by atoms with Crippen LogP contribution in [0.4, 0.5) is 17.6 Å². The van der Waals surface area contributed by atoms with Crippen LogP contribution in [0.3, 0.4) is 0 Å². The number of carbonyl (C=O) groups is 2. The predicted molar refractivity (Wildman–Crippen MR) is 267 cm³/mol. The van der Waals surface area contributed by atoms with Crippen LogP contribution in [-0.2, 0) is 20.0 Å². The van der Waals surface area contributed by atoms with Crippen LogP contribution in [0.1, 0.15) is 46.4 Å². The number of benzene rings is 4. The Morgan fingerprint density at radius 3 is 1.31 bits per heavy atom. The molecular formula is C49H57N11O9S2. The van der Waals surface area contributed by atoms with Crippen molar-refractivity contribution in [2.75, 3.05) is 75.2 Å². The van der Waals surface area contributed by atoms with Crippen LogP contribution < -0.4 is 39.8 Å². The van der Waals surface area contributed by atoms with Crippen molar-refractivity contribution in [2.45, 2.75) is 35.5 Å². The number of amides is 2. The third-order valence-corrected chi connectivity index (χ3v) is 15.3. The van der Waals surface area contributed by atoms with Crippen molar-refractivity contribution in [1.29, 1.82) is 0 Å². The lowest BCUT2D eigenvalue weighted by atomic mass is 9.97. The molecule has 71 heavy (non-hydrogen) atoms. The standard InChI is InChI=1S/C25H30N6O4S.C24H27N5O5S/c1-30(2)21-9-7-19(8-10-21)22-5-3-4-6-23(22)36(34,35)28-15-18-11-13-31(14-12-18)25-26-16-20(17-27-25)24(32)29-33;1-34-20-8-6-18(7-9-20)21-4-2-3-5-22(21)35(32,33)27-14-17-10-12-29(13-11-17)24-25-15-19(16-26-24)23(30)28-31/h3-10,16-18,28,33H,11-15H2,1-2H3,(H,29,32);2-9,15-17,27,31H,10-14H2,1H3,(H,28,30). The van der Waals surface area contributed by atoms with Crippen molar-refractivity contribution in [3.8, 4) is 28.0 Å². The maximum absolute atomic E-state index is 13.2. The van der Waals surface area contributed by atoms with Crippen molar-refractivity contribution < 1.29 is 41.6 Å². The molecule has 22 heteroatoms. The van der Waals surface area contributed by atoms with E-state index in [1.54, 1.807) is 60.5 Å². The summed E-state index contributed by atoms with van der Waals surface area (Å²) in [6.07, 6.45) is 8.52. The van der Waals surface area contributed by atoms with E-state index in [1.165, 1.54) is 24.8 Å². The highest BCUT2D eigenvalue weighted by molar-refractivity contribution is 7.90. The van der Waals surface area contributed by atoms with E-state index in [2.05, 4.69) is 29.4 Å². The van der Waals surface area contributed by atoms with Gasteiger partial charge in [-0.15, -0.1) is 0 Å². The Morgan fingerprint density at radius 1 is 0.592 bits per heavy atom. The summed E-state index contributed by atoms with van der Waals surface area (Å²) in [4.78, 5) is 46.1. The van der Waals surface area contributed by atoms with E-state index in [1.807, 2.05) is 83.4 Å². The SMILES string of the molecule is CN(C)c1ccc(-c2ccccc2S(=O)(=O)NCC2CCN(c3ncc(C(=O)NO)cn3)CC2)cc1.COc1ccc(-c2ccccc2S(=O)(=O)NCC2CCN(c3ncc(C(=O)NO)cn3)CC2)cc1. The van der Waals surface area contributed by atoms with Crippen LogP contribution in [0.15, 0.2) is 132 Å². The van der Waals surface area contributed by atoms with E-state index in [0.29, 0.717) is 68.0 Å². The van der Waals surface area contributed by atoms with Crippen molar-refractivity contribution in [3.63, 3.8) is 0 Å². The number of carbonyl (C=O) groups excluding carboxylic acids is 2. The molecule has 0 saturated carbocycles. The largest absolute Gasteiger partial charge is 0.497 e. The van der Waals surface area contributed by atoms with Gasteiger partial charge in [-0.1, -0.05) is 60.7 Å². The highest BCUT2D eigenvalue weighted by Crippen LogP contribution is 2.31. The molecule has 6 N–H and O–H groups in total. The zero-order chi connectivity index (χ0) is 50.5. The third kappa shape index (κ3) is 13.2. The lowest BCUT2D eigenvalue weighted by molar-refractivity contribution is 0.0701. The van der Waals surface area contributed by atoms with E-state index in [9.17, 15) is 26.4 Å². The summed E-state index contributed by atoms with van der Waals surface area (Å²) in [5.74, 6) is 0.714. The molecule has 0 radical (unpaired) electrons. The Balaban J connectivity index is 0.000000209. The average molecular weight is 1010 g/mol. The first-order chi connectivity index (χ1) is 34.2. The molecule has 0 bridgehead atoms. The summed E-state index contributed by atoms with van der Waals surface area (Å²) >= 11 is 0. The highest BCUT2D eigenvalue weighted by atomic mass is 32.2. The van der Waals surface area contributed by atoms with Crippen LogP contribution >= 0.6 is 0 Å². The van der Waals surface area contributed by atoms with Gasteiger partial charge in [0.2, 0.25) is 31.9 Å². The Labute approximate surface area is 413 Å². The van der Waals surface area contributed by atoms with Gasteiger partial charge in [0.05, 0.1) is 28.0 Å². The third-order valence-electron chi connectivity index (χ3n) is 12.4. The number of nitrogens with zero attached hydrogens (tertiary/aromatic N) is 7. The average Bonchev–Trinajstić information content (AvgIpc) is 3.42. The lowest BCUT2D eigenvalue weighted by Crippen LogP contribution is -2.39. The Kier molecular flexibility index (Phi) is 17.3. The van der Waals surface area contributed by atoms with Gasteiger partial charge in [0.15, 0.2) is 0 Å². The summed E-state index contributed by atoms with van der Waals surface area (Å²) in [5, 5.41) is 17.4. The molecule has 2 saturated heterocycles. The number of sulfonamides is 2. The first kappa shape index (κ1) is 51.8. The van der Waals surface area contributed by atoms with Gasteiger partial charge < -0.3 is 19.4 Å². The monoisotopic (exact) mass is 1010 g/mol. The van der Waals surface area contributed by atoms with E-state index in [-0.39, 0.29) is 32.8 Å². The van der Waals surface area contributed by atoms with Gasteiger partial charge in [0.25, 0.3) is 11.8 Å². The number of ether oxygens (including phenoxy) is 1. The normalized spacial score (nSPS) is 14.5. The summed E-state index contributed by atoms with van der Waals surface area (Å²) in [6, 6.07) is 29.1. The molecule has 374 valence electrons. The zero-order valence-corrected chi connectivity index (χ0v) is 41.1. The molecule has 8 rings (SSSR count). The van der Waals surface area contributed by atoms with E-state index >= 15 is 0 Å². The molecule has 0 atom stereocenters. The van der Waals surface area contributed by atoms with Gasteiger partial charge in [-0.3, -0.25) is 20.0 Å². The maximum Gasteiger partial charge on any atom is 0.277 e. The fourth-order valence-corrected chi connectivity index (χ4v) is 10.9. The van der Waals surface area contributed by atoms with Gasteiger partial charge in [-0.2, -0.15) is 0 Å². The summed E-state index contributed by atoms with van der Waals surface area (Å²) in [5.41, 5.74) is 7.41. The smallest absolute Gasteiger partial charge is 0.277 e. The number of rotatable bonds is 16. The lowest BCUT2D eigenvalue weighted by Gasteiger charge is -2.32. The minimum absolute atomic E-state index is 0.162. The van der Waals surface area contributed by atoms with Crippen molar-refractivity contribution in [3.05, 3.63) is 133 Å². The number of piperidine rings is 2. The fourth-order valence-electron chi connectivity index (χ4n) is 8.21. The number of nitrogens with one attached hydrogen (secondary N) is 4. The Morgan fingerprint density at radius 2 is 0.958 bits per heavy atom. The number of hydrogen-bond donors (Lipinski definition) is 6. The molecule has 2 aromatic heterocycles. The molecule has 0 unspecified atom stereocenters. The maximum atomic E-state index is 13.2. The molecular weight excluding hydrogens is 951 g/mol. The minimum atomic E-state index is -3.71. The molecule has 2 aliphatic rings. The number of hydroxylamine groups is 2. The van der Waals surface area contributed by atoms with E-state index < -0.39 is 31.9 Å². The molecule has 2 amide bonds. The summed E-state index contributed by atoms with van der Waals surface area (Å²) in [7, 11) is -1.91. The molecule has 0 aliphatic carbocycles. The molecule has 4 aromatic carbocycles. The first-order valence-electron chi connectivity index (χ1n) is 22.8. The Bertz CT molecular complexity index is 2950. The molecule has 0 spiro atoms. The van der Waals surface area contributed by atoms with Gasteiger partial charge in [-0.05, 0) is 85.0 Å². The highest BCUT2D eigenvalue weighted by Gasteiger charge is 2.27. The quantitative estimate of drug-likeness (QED) is 0.0551. The van der Waals surface area contributed by atoms with Crippen LogP contribution in [0.5, 0.6) is 5.75 Å². The van der Waals surface area contributed by atoms with Gasteiger partial charge in [0.1, 0.15) is 5.75 Å². The molecule has 4 heterocycles. The zero-order valence-electron chi connectivity index (χ0n) is 39.5. The van der Waals surface area contributed by atoms with Crippen molar-refractivity contribution >= 4 is 49.4 Å². The van der Waals surface area contributed by atoms with Crippen molar-refractivity contribution in [1.82, 2.24) is 40.3 Å². The van der Waals surface area contributed by atoms with Crippen LogP contribution in [-0.4, -0.2) is 119 Å². The van der Waals surface area contributed by atoms with Crippen LogP contribution in [0.25, 0.3) is 22.3 Å². The molecule has 20 nitrogen and oxygen atoms in total. The number of anilines is 3. The Hall–Kier alpha value is -7.08. The van der Waals surface area contributed by atoms with Gasteiger partial charge in [-0.25, -0.2) is 57.2 Å². The summed E-state index contributed by atoms with van der Waals surface area (Å²) in [6.45, 7) is 3.37. The van der Waals surface area contributed by atoms with Gasteiger partial charge in [0, 0.05) is 95.0 Å². The van der Waals surface area contributed by atoms with Crippen molar-refractivity contribution in [2.24, 2.45) is 11.8 Å². The summed E-state index contributed by atoms with van der Waals surface area (Å²) < 4.78 is 63.6. The van der Waals surface area contributed by atoms with E-state index in [4.69, 9.17) is 15.2 Å². The first-order valence-corrected chi connectivity index (χ1v) is 25.8. The van der Waals surface area contributed by atoms with Crippen LogP contribution in [0, 0.1) is 11.8 Å². The number of methoxy groups -OCH3 is 1.